The third kappa shape index (κ3) is 4.16. The molecule has 1 aromatic rings. The Bertz CT molecular complexity index is 740. The van der Waals surface area contributed by atoms with Crippen molar-refractivity contribution in [1.29, 1.82) is 0 Å². The second-order valence-corrected chi connectivity index (χ2v) is 8.63. The van der Waals surface area contributed by atoms with Crippen LogP contribution < -0.4 is 0 Å². The van der Waals surface area contributed by atoms with Gasteiger partial charge < -0.3 is 14.2 Å². The van der Waals surface area contributed by atoms with E-state index in [2.05, 4.69) is 4.90 Å². The molecule has 1 aromatic heterocycles. The summed E-state index contributed by atoms with van der Waals surface area (Å²) in [5.74, 6) is -0.851. The number of rotatable bonds is 5. The van der Waals surface area contributed by atoms with E-state index in [4.69, 9.17) is 4.42 Å². The Morgan fingerprint density at radius 1 is 0.966 bits per heavy atom. The van der Waals surface area contributed by atoms with Crippen molar-refractivity contribution in [1.82, 2.24) is 9.80 Å². The second kappa shape index (κ2) is 8.55. The van der Waals surface area contributed by atoms with E-state index in [1.807, 2.05) is 0 Å². The predicted octanol–water partition coefficient (Wildman–Crippen LogP) is 3.75. The number of nitro groups is 1. The molecule has 2 saturated carbocycles. The molecule has 0 spiro atoms. The number of furan rings is 1. The summed E-state index contributed by atoms with van der Waals surface area (Å²) in [6, 6.07) is 3.20. The molecule has 3 fully saturated rings. The summed E-state index contributed by atoms with van der Waals surface area (Å²) in [4.78, 5) is 39.7. The van der Waals surface area contributed by atoms with Gasteiger partial charge in [0.2, 0.25) is 5.91 Å². The molecule has 0 unspecified atom stereocenters. The first-order valence-corrected chi connectivity index (χ1v) is 10.9. The summed E-state index contributed by atoms with van der Waals surface area (Å²) in [6.07, 6.45) is 11.6. The molecule has 0 bridgehead atoms. The lowest BCUT2D eigenvalue weighted by Crippen LogP contribution is -2.60. The standard InChI is InChI=1S/C21H29N3O5/c25-20(23(16-7-3-1-4-8-16)17-9-5-2-6-10-17)15-13-22(14-15)21(26)18-11-12-19(29-18)24(27)28/h11-12,15-17H,1-10,13-14H2. The van der Waals surface area contributed by atoms with Gasteiger partial charge in [0, 0.05) is 25.2 Å². The zero-order valence-electron chi connectivity index (χ0n) is 16.8. The Balaban J connectivity index is 1.39. The maximum Gasteiger partial charge on any atom is 0.433 e. The Labute approximate surface area is 170 Å². The summed E-state index contributed by atoms with van der Waals surface area (Å²) in [5, 5.41) is 10.7. The minimum atomic E-state index is -0.661. The van der Waals surface area contributed by atoms with Crippen molar-refractivity contribution in [2.75, 3.05) is 13.1 Å². The molecule has 29 heavy (non-hydrogen) atoms. The average molecular weight is 403 g/mol. The van der Waals surface area contributed by atoms with Crippen LogP contribution in [0.5, 0.6) is 0 Å². The molecule has 1 saturated heterocycles. The number of amides is 2. The van der Waals surface area contributed by atoms with Gasteiger partial charge in [-0.25, -0.2) is 0 Å². The fourth-order valence-electron chi connectivity index (χ4n) is 5.08. The van der Waals surface area contributed by atoms with Gasteiger partial charge in [-0.15, -0.1) is 0 Å². The topological polar surface area (TPSA) is 96.9 Å². The van der Waals surface area contributed by atoms with Crippen LogP contribution in [0.1, 0.15) is 74.8 Å². The second-order valence-electron chi connectivity index (χ2n) is 8.63. The summed E-state index contributed by atoms with van der Waals surface area (Å²) in [6.45, 7) is 0.726. The molecule has 0 aromatic carbocycles. The Morgan fingerprint density at radius 3 is 2.00 bits per heavy atom. The van der Waals surface area contributed by atoms with Gasteiger partial charge in [0.05, 0.1) is 12.0 Å². The van der Waals surface area contributed by atoms with Gasteiger partial charge in [-0.05, 0) is 31.7 Å². The van der Waals surface area contributed by atoms with Crippen LogP contribution in [-0.2, 0) is 4.79 Å². The van der Waals surface area contributed by atoms with Crippen LogP contribution in [0.25, 0.3) is 0 Å². The number of hydrogen-bond acceptors (Lipinski definition) is 5. The lowest BCUT2D eigenvalue weighted by Gasteiger charge is -2.47. The van der Waals surface area contributed by atoms with Crippen molar-refractivity contribution in [3.63, 3.8) is 0 Å². The molecule has 2 aliphatic carbocycles. The Morgan fingerprint density at radius 2 is 1.52 bits per heavy atom. The molecule has 4 rings (SSSR count). The Hall–Kier alpha value is -2.38. The van der Waals surface area contributed by atoms with Crippen LogP contribution >= 0.6 is 0 Å². The monoisotopic (exact) mass is 403 g/mol. The van der Waals surface area contributed by atoms with E-state index in [1.54, 1.807) is 4.90 Å². The third-order valence-electron chi connectivity index (χ3n) is 6.69. The minimum Gasteiger partial charge on any atom is -0.395 e. The molecular formula is C21H29N3O5. The van der Waals surface area contributed by atoms with Gasteiger partial charge >= 0.3 is 5.88 Å². The first kappa shape index (κ1) is 19.9. The molecule has 2 heterocycles. The average Bonchev–Trinajstić information content (AvgIpc) is 3.19. The smallest absolute Gasteiger partial charge is 0.395 e. The fraction of sp³-hybridized carbons (Fsp3) is 0.714. The number of nitrogens with zero attached hydrogens (tertiary/aromatic N) is 3. The molecule has 0 radical (unpaired) electrons. The van der Waals surface area contributed by atoms with Crippen molar-refractivity contribution < 1.29 is 18.9 Å². The van der Waals surface area contributed by atoms with Gasteiger partial charge in [0.25, 0.3) is 5.91 Å². The van der Waals surface area contributed by atoms with Crippen LogP contribution in [0.3, 0.4) is 0 Å². The van der Waals surface area contributed by atoms with Crippen LogP contribution in [0.15, 0.2) is 16.5 Å². The highest BCUT2D eigenvalue weighted by Gasteiger charge is 2.43. The van der Waals surface area contributed by atoms with Crippen molar-refractivity contribution in [2.45, 2.75) is 76.3 Å². The summed E-state index contributed by atoms with van der Waals surface area (Å²) < 4.78 is 5.01. The van der Waals surface area contributed by atoms with Crippen molar-refractivity contribution in [3.05, 3.63) is 28.0 Å². The zero-order chi connectivity index (χ0) is 20.4. The van der Waals surface area contributed by atoms with Crippen molar-refractivity contribution in [3.8, 4) is 0 Å². The maximum absolute atomic E-state index is 13.4. The predicted molar refractivity (Wildman–Crippen MR) is 105 cm³/mol. The van der Waals surface area contributed by atoms with E-state index >= 15 is 0 Å². The molecule has 8 nitrogen and oxygen atoms in total. The molecule has 3 aliphatic rings. The van der Waals surface area contributed by atoms with Gasteiger partial charge in [0.1, 0.15) is 4.92 Å². The van der Waals surface area contributed by atoms with Crippen LogP contribution in [0.2, 0.25) is 0 Å². The van der Waals surface area contributed by atoms with E-state index < -0.39 is 10.8 Å². The highest BCUT2D eigenvalue weighted by Crippen LogP contribution is 2.33. The van der Waals surface area contributed by atoms with Crippen molar-refractivity contribution in [2.24, 2.45) is 5.92 Å². The fourth-order valence-corrected chi connectivity index (χ4v) is 5.08. The minimum absolute atomic E-state index is 0.0426. The highest BCUT2D eigenvalue weighted by atomic mass is 16.6. The van der Waals surface area contributed by atoms with Gasteiger partial charge in [0.15, 0.2) is 5.76 Å². The SMILES string of the molecule is O=C(c1ccc([N+](=O)[O-])o1)N1CC(C(=O)N(C2CCCCC2)C2CCCCC2)C1. The lowest BCUT2D eigenvalue weighted by atomic mass is 9.86. The number of likely N-dealkylation sites (tertiary alicyclic amines) is 1. The highest BCUT2D eigenvalue weighted by molar-refractivity contribution is 5.94. The van der Waals surface area contributed by atoms with Crippen LogP contribution in [0.4, 0.5) is 5.88 Å². The quantitative estimate of drug-likeness (QED) is 0.551. The number of carbonyl (C=O) groups is 2. The first-order chi connectivity index (χ1) is 14.0. The molecule has 0 atom stereocenters. The van der Waals surface area contributed by atoms with Crippen LogP contribution in [0, 0.1) is 16.0 Å². The number of carbonyl (C=O) groups excluding carboxylic acids is 2. The van der Waals surface area contributed by atoms with E-state index in [0.29, 0.717) is 25.2 Å². The first-order valence-electron chi connectivity index (χ1n) is 10.9. The third-order valence-corrected chi connectivity index (χ3v) is 6.69. The zero-order valence-corrected chi connectivity index (χ0v) is 16.8. The van der Waals surface area contributed by atoms with Gasteiger partial charge in [-0.3, -0.25) is 19.7 Å². The molecule has 0 N–H and O–H groups in total. The maximum atomic E-state index is 13.4. The summed E-state index contributed by atoms with van der Waals surface area (Å²) >= 11 is 0. The van der Waals surface area contributed by atoms with Gasteiger partial charge in [-0.1, -0.05) is 38.5 Å². The summed E-state index contributed by atoms with van der Waals surface area (Å²) in [5.41, 5.74) is 0. The van der Waals surface area contributed by atoms with Gasteiger partial charge in [-0.2, -0.15) is 0 Å². The largest absolute Gasteiger partial charge is 0.433 e. The Kier molecular flexibility index (Phi) is 5.87. The van der Waals surface area contributed by atoms with Crippen LogP contribution in [-0.4, -0.2) is 51.7 Å². The van der Waals surface area contributed by atoms with Crippen molar-refractivity contribution >= 4 is 17.7 Å². The lowest BCUT2D eigenvalue weighted by molar-refractivity contribution is -0.402. The van der Waals surface area contributed by atoms with E-state index in [0.717, 1.165) is 25.7 Å². The van der Waals surface area contributed by atoms with E-state index in [-0.39, 0.29) is 23.5 Å². The molecule has 8 heteroatoms. The molecule has 2 amide bonds. The normalized spacial score (nSPS) is 21.6. The molecule has 1 aliphatic heterocycles. The number of hydrogen-bond donors (Lipinski definition) is 0. The molecular weight excluding hydrogens is 374 g/mol. The molecule has 158 valence electrons. The van der Waals surface area contributed by atoms with E-state index in [1.165, 1.54) is 50.7 Å². The summed E-state index contributed by atoms with van der Waals surface area (Å²) in [7, 11) is 0. The van der Waals surface area contributed by atoms with E-state index in [9.17, 15) is 19.7 Å².